The number of hydrogen-bond acceptors (Lipinski definition) is 3. The van der Waals surface area contributed by atoms with Crippen molar-refractivity contribution in [1.29, 1.82) is 0 Å². The fraction of sp³-hybridized carbons (Fsp3) is 0.182. The third-order valence-corrected chi connectivity index (χ3v) is 4.48. The minimum Gasteiger partial charge on any atom is -0.488 e. The molecule has 2 amide bonds. The first-order valence-electron chi connectivity index (χ1n) is 9.74. The molecule has 2 aromatic carbocycles. The number of anilines is 2. The normalized spacial score (nSPS) is 11.2. The summed E-state index contributed by atoms with van der Waals surface area (Å²) in [7, 11) is 0. The van der Waals surface area contributed by atoms with Gasteiger partial charge in [0.1, 0.15) is 11.6 Å². The van der Waals surface area contributed by atoms with Crippen LogP contribution < -0.4 is 20.9 Å². The third kappa shape index (κ3) is 6.09. The maximum absolute atomic E-state index is 14.6. The van der Waals surface area contributed by atoms with E-state index >= 15 is 0 Å². The van der Waals surface area contributed by atoms with Crippen molar-refractivity contribution in [2.75, 3.05) is 23.9 Å². The Bertz CT molecular complexity index is 1240. The Balaban J connectivity index is 1.73. The molecule has 3 rings (SSSR count). The summed E-state index contributed by atoms with van der Waals surface area (Å²) in [6.07, 6.45) is -3.55. The molecule has 3 aromatic rings. The summed E-state index contributed by atoms with van der Waals surface area (Å²) in [6.45, 7) is -0.636. The first-order chi connectivity index (χ1) is 16.1. The zero-order chi connectivity index (χ0) is 24.9. The van der Waals surface area contributed by atoms with Gasteiger partial charge in [-0.25, -0.2) is 13.6 Å². The molecule has 0 bridgehead atoms. The van der Waals surface area contributed by atoms with E-state index in [9.17, 15) is 35.9 Å². The number of hydrogen-bond donors (Lipinski definition) is 3. The van der Waals surface area contributed by atoms with Gasteiger partial charge in [0.15, 0.2) is 5.75 Å². The Kier molecular flexibility index (Phi) is 7.49. The Morgan fingerprint density at radius 1 is 0.971 bits per heavy atom. The number of amides is 2. The van der Waals surface area contributed by atoms with Crippen LogP contribution in [-0.4, -0.2) is 24.3 Å². The van der Waals surface area contributed by atoms with Gasteiger partial charge in [0.05, 0.1) is 24.5 Å². The van der Waals surface area contributed by atoms with Crippen molar-refractivity contribution in [3.05, 3.63) is 76.2 Å². The number of benzene rings is 2. The Morgan fingerprint density at radius 2 is 1.74 bits per heavy atom. The number of rotatable bonds is 7. The van der Waals surface area contributed by atoms with Crippen LogP contribution in [0.2, 0.25) is 0 Å². The van der Waals surface area contributed by atoms with Crippen molar-refractivity contribution in [3.63, 3.8) is 0 Å². The van der Waals surface area contributed by atoms with E-state index in [1.165, 1.54) is 24.4 Å². The summed E-state index contributed by atoms with van der Waals surface area (Å²) in [5.74, 6) is -2.46. The van der Waals surface area contributed by atoms with E-state index in [1.807, 2.05) is 0 Å². The number of carbonyl (C=O) groups is 1. The van der Waals surface area contributed by atoms with Gasteiger partial charge in [0.25, 0.3) is 5.56 Å². The van der Waals surface area contributed by atoms with Gasteiger partial charge in [0, 0.05) is 23.9 Å². The molecule has 0 aliphatic heterocycles. The Hall–Kier alpha value is -3.96. The van der Waals surface area contributed by atoms with Gasteiger partial charge < -0.3 is 20.4 Å². The van der Waals surface area contributed by atoms with Crippen molar-refractivity contribution in [1.82, 2.24) is 4.98 Å². The molecule has 0 spiro atoms. The minimum absolute atomic E-state index is 0.0200. The second-order valence-corrected chi connectivity index (χ2v) is 6.94. The summed E-state index contributed by atoms with van der Waals surface area (Å²) >= 11 is 0. The first-order valence-corrected chi connectivity index (χ1v) is 9.74. The molecule has 12 heteroatoms. The van der Waals surface area contributed by atoms with Gasteiger partial charge in [-0.15, -0.1) is 0 Å². The fourth-order valence-corrected chi connectivity index (χ4v) is 2.87. The van der Waals surface area contributed by atoms with Crippen LogP contribution in [0.4, 0.5) is 42.5 Å². The lowest BCUT2D eigenvalue weighted by Gasteiger charge is -2.12. The van der Waals surface area contributed by atoms with Crippen LogP contribution in [0.25, 0.3) is 11.1 Å². The molecule has 1 heterocycles. The van der Waals surface area contributed by atoms with Crippen LogP contribution in [0, 0.1) is 11.6 Å². The highest BCUT2D eigenvalue weighted by Gasteiger charge is 2.34. The molecule has 0 aliphatic carbocycles. The van der Waals surface area contributed by atoms with E-state index < -0.39 is 41.6 Å². The zero-order valence-electron chi connectivity index (χ0n) is 17.2. The molecule has 180 valence electrons. The largest absolute Gasteiger partial charge is 0.488 e. The quantitative estimate of drug-likeness (QED) is 0.296. The maximum Gasteiger partial charge on any atom is 0.419 e. The molecule has 1 aromatic heterocycles. The summed E-state index contributed by atoms with van der Waals surface area (Å²) in [4.78, 5) is 26.3. The van der Waals surface area contributed by atoms with Crippen LogP contribution in [0.5, 0.6) is 5.75 Å². The number of H-pyrrole nitrogens is 1. The molecule has 0 saturated heterocycles. The molecule has 0 saturated carbocycles. The molecule has 6 nitrogen and oxygen atoms in total. The number of alkyl halides is 4. The molecule has 0 aliphatic rings. The van der Waals surface area contributed by atoms with Gasteiger partial charge in [-0.1, -0.05) is 6.07 Å². The van der Waals surface area contributed by atoms with E-state index in [1.54, 1.807) is 0 Å². The molecular formula is C22H17F6N3O3. The van der Waals surface area contributed by atoms with Crippen LogP contribution in [0.3, 0.4) is 0 Å². The van der Waals surface area contributed by atoms with E-state index in [-0.39, 0.29) is 30.2 Å². The second kappa shape index (κ2) is 10.3. The predicted molar refractivity (Wildman–Crippen MR) is 113 cm³/mol. The standard InChI is InChI=1S/C22H17F6N3O3/c23-6-1-7-34-19-9-13(11-29-20(19)32)12-2-5-18(17(25)8-12)31-21(33)30-14-3-4-16(24)15(10-14)22(26,27)28/h2-5,8-11H,1,6-7H2,(H,29,32)(H2,30,31,33). The van der Waals surface area contributed by atoms with Crippen LogP contribution in [-0.2, 0) is 6.18 Å². The monoisotopic (exact) mass is 485 g/mol. The predicted octanol–water partition coefficient (Wildman–Crippen LogP) is 5.72. The number of carbonyl (C=O) groups excluding carboxylic acids is 1. The lowest BCUT2D eigenvalue weighted by atomic mass is 10.1. The summed E-state index contributed by atoms with van der Waals surface area (Å²) in [6, 6.07) is 5.84. The number of aromatic amines is 1. The number of halogens is 6. The van der Waals surface area contributed by atoms with Crippen molar-refractivity contribution >= 4 is 17.4 Å². The highest BCUT2D eigenvalue weighted by atomic mass is 19.4. The topological polar surface area (TPSA) is 83.2 Å². The lowest BCUT2D eigenvalue weighted by Crippen LogP contribution is -2.20. The van der Waals surface area contributed by atoms with Crippen LogP contribution >= 0.6 is 0 Å². The van der Waals surface area contributed by atoms with E-state index in [0.29, 0.717) is 23.3 Å². The number of nitrogens with one attached hydrogen (secondary N) is 3. The van der Waals surface area contributed by atoms with Crippen molar-refractivity contribution in [2.45, 2.75) is 12.6 Å². The van der Waals surface area contributed by atoms with Gasteiger partial charge in [0.2, 0.25) is 0 Å². The molecule has 0 fully saturated rings. The lowest BCUT2D eigenvalue weighted by molar-refractivity contribution is -0.139. The summed E-state index contributed by atoms with van der Waals surface area (Å²) < 4.78 is 83.8. The highest BCUT2D eigenvalue weighted by molar-refractivity contribution is 6.00. The van der Waals surface area contributed by atoms with Gasteiger partial charge in [-0.3, -0.25) is 9.18 Å². The maximum atomic E-state index is 14.6. The Morgan fingerprint density at radius 3 is 2.41 bits per heavy atom. The van der Waals surface area contributed by atoms with E-state index in [0.717, 1.165) is 12.1 Å². The van der Waals surface area contributed by atoms with Gasteiger partial charge in [-0.05, 0) is 42.0 Å². The average Bonchev–Trinajstić information content (AvgIpc) is 2.77. The molecule has 34 heavy (non-hydrogen) atoms. The van der Waals surface area contributed by atoms with Crippen LogP contribution in [0.1, 0.15) is 12.0 Å². The first kappa shape index (κ1) is 24.7. The van der Waals surface area contributed by atoms with Crippen molar-refractivity contribution in [3.8, 4) is 16.9 Å². The highest BCUT2D eigenvalue weighted by Crippen LogP contribution is 2.33. The van der Waals surface area contributed by atoms with Crippen molar-refractivity contribution < 1.29 is 35.9 Å². The SMILES string of the molecule is O=C(Nc1ccc(F)c(C(F)(F)F)c1)Nc1ccc(-c2c[nH]c(=O)c(OCCCF)c2)cc1F. The zero-order valence-corrected chi connectivity index (χ0v) is 17.2. The number of pyridine rings is 1. The molecular weight excluding hydrogens is 468 g/mol. The minimum atomic E-state index is -4.96. The smallest absolute Gasteiger partial charge is 0.419 e. The van der Waals surface area contributed by atoms with E-state index in [4.69, 9.17) is 4.74 Å². The van der Waals surface area contributed by atoms with Crippen molar-refractivity contribution in [2.24, 2.45) is 0 Å². The second-order valence-electron chi connectivity index (χ2n) is 6.94. The molecule has 0 atom stereocenters. The Labute approximate surface area is 188 Å². The summed E-state index contributed by atoms with van der Waals surface area (Å²) in [5.41, 5.74) is -2.07. The fourth-order valence-electron chi connectivity index (χ4n) is 2.87. The molecule has 3 N–H and O–H groups in total. The molecule has 0 unspecified atom stereocenters. The molecule has 0 radical (unpaired) electrons. The average molecular weight is 485 g/mol. The summed E-state index contributed by atoms with van der Waals surface area (Å²) in [5, 5.41) is 4.22. The van der Waals surface area contributed by atoms with Gasteiger partial charge in [-0.2, -0.15) is 13.2 Å². The van der Waals surface area contributed by atoms with Crippen LogP contribution in [0.15, 0.2) is 53.5 Å². The number of aromatic nitrogens is 1. The van der Waals surface area contributed by atoms with E-state index in [2.05, 4.69) is 15.6 Å². The number of urea groups is 1. The van der Waals surface area contributed by atoms with Gasteiger partial charge >= 0.3 is 12.2 Å². The number of ether oxygens (including phenoxy) is 1. The third-order valence-electron chi connectivity index (χ3n) is 4.48.